The Morgan fingerprint density at radius 1 is 1.16 bits per heavy atom. The summed E-state index contributed by atoms with van der Waals surface area (Å²) in [6, 6.07) is -0.0227. The number of aryl methyl sites for hydroxylation is 2. The third-order valence-corrected chi connectivity index (χ3v) is 10.9. The van der Waals surface area contributed by atoms with Crippen LogP contribution in [0.25, 0.3) is 10.2 Å². The number of esters is 1. The summed E-state index contributed by atoms with van der Waals surface area (Å²) < 4.78 is 7.11. The molecule has 1 amide bonds. The summed E-state index contributed by atoms with van der Waals surface area (Å²) in [6.45, 7) is 8.38. The minimum absolute atomic E-state index is 0.0105. The second kappa shape index (κ2) is 11.5. The highest BCUT2D eigenvalue weighted by Crippen LogP contribution is 2.40. The monoisotopic (exact) mass is 573 g/mol. The van der Waals surface area contributed by atoms with Crippen molar-refractivity contribution >= 4 is 61.5 Å². The number of amides is 1. The number of rotatable bonds is 8. The predicted molar refractivity (Wildman–Crippen MR) is 156 cm³/mol. The molecule has 204 valence electrons. The SMILES string of the molecule is CCOC(=O)c1c(NC(=O)CSc2nc3sc4c(c3c(=O)n2[C@H](C)CC)CCCC4)sc2c1CC[C@H](C)C2. The fourth-order valence-corrected chi connectivity index (χ4v) is 9.04. The van der Waals surface area contributed by atoms with Crippen molar-refractivity contribution in [3.8, 4) is 0 Å². The van der Waals surface area contributed by atoms with Gasteiger partial charge < -0.3 is 10.1 Å². The molecule has 0 aliphatic heterocycles. The number of anilines is 1. The van der Waals surface area contributed by atoms with Crippen LogP contribution in [0.3, 0.4) is 0 Å². The molecule has 3 aromatic rings. The molecule has 2 atom stereocenters. The molecule has 0 saturated carbocycles. The van der Waals surface area contributed by atoms with Gasteiger partial charge in [0.25, 0.3) is 5.56 Å². The molecule has 5 rings (SSSR count). The molecule has 0 unspecified atom stereocenters. The van der Waals surface area contributed by atoms with Gasteiger partial charge in [0.15, 0.2) is 5.16 Å². The minimum Gasteiger partial charge on any atom is -0.462 e. The van der Waals surface area contributed by atoms with E-state index >= 15 is 0 Å². The Hall–Kier alpha value is -2.17. The first-order valence-corrected chi connectivity index (χ1v) is 16.2. The normalized spacial score (nSPS) is 17.6. The third-order valence-electron chi connectivity index (χ3n) is 7.60. The van der Waals surface area contributed by atoms with Gasteiger partial charge in [0.1, 0.15) is 9.83 Å². The summed E-state index contributed by atoms with van der Waals surface area (Å²) in [4.78, 5) is 47.8. The molecule has 10 heteroatoms. The molecule has 2 aliphatic rings. The maximum atomic E-state index is 13.7. The van der Waals surface area contributed by atoms with Crippen molar-refractivity contribution in [2.24, 2.45) is 5.92 Å². The number of hydrogen-bond donors (Lipinski definition) is 1. The molecular weight excluding hydrogens is 539 g/mol. The molecule has 3 heterocycles. The van der Waals surface area contributed by atoms with Crippen LogP contribution in [-0.4, -0.2) is 33.8 Å². The highest BCUT2D eigenvalue weighted by Gasteiger charge is 2.29. The standard InChI is InChI=1S/C28H35N3O4S3/c1-5-16(4)31-26(33)22-17-9-7-8-10-19(17)37-24(22)30-28(31)36-14-21(32)29-25-23(27(34)35-6-2)18-12-11-15(3)13-20(18)38-25/h15-16H,5-14H2,1-4H3,(H,29,32)/t15-,16+/m0/s1. The van der Waals surface area contributed by atoms with E-state index in [9.17, 15) is 14.4 Å². The molecule has 0 spiro atoms. The Kier molecular flexibility index (Phi) is 8.30. The van der Waals surface area contributed by atoms with Crippen LogP contribution in [-0.2, 0) is 35.2 Å². The van der Waals surface area contributed by atoms with Crippen LogP contribution in [0.15, 0.2) is 9.95 Å². The van der Waals surface area contributed by atoms with Crippen LogP contribution >= 0.6 is 34.4 Å². The van der Waals surface area contributed by atoms with E-state index in [2.05, 4.69) is 19.2 Å². The largest absolute Gasteiger partial charge is 0.462 e. The zero-order chi connectivity index (χ0) is 27.0. The Morgan fingerprint density at radius 2 is 1.95 bits per heavy atom. The quantitative estimate of drug-likeness (QED) is 0.190. The first-order chi connectivity index (χ1) is 18.3. The van der Waals surface area contributed by atoms with Crippen LogP contribution in [0.4, 0.5) is 5.00 Å². The number of aromatic nitrogens is 2. The lowest BCUT2D eigenvalue weighted by Gasteiger charge is -2.18. The molecule has 0 bridgehead atoms. The van der Waals surface area contributed by atoms with Gasteiger partial charge in [0, 0.05) is 15.8 Å². The van der Waals surface area contributed by atoms with Gasteiger partial charge in [-0.05, 0) is 82.3 Å². The van der Waals surface area contributed by atoms with E-state index in [1.807, 2.05) is 6.92 Å². The van der Waals surface area contributed by atoms with Gasteiger partial charge in [0.2, 0.25) is 5.91 Å². The van der Waals surface area contributed by atoms with Crippen molar-refractivity contribution in [1.29, 1.82) is 0 Å². The number of ether oxygens (including phenoxy) is 1. The minimum atomic E-state index is -0.373. The molecular formula is C28H35N3O4S3. The van der Waals surface area contributed by atoms with Gasteiger partial charge in [-0.1, -0.05) is 25.6 Å². The van der Waals surface area contributed by atoms with E-state index < -0.39 is 0 Å². The topological polar surface area (TPSA) is 90.3 Å². The van der Waals surface area contributed by atoms with Crippen LogP contribution in [0.1, 0.15) is 90.7 Å². The molecule has 0 fully saturated rings. The number of nitrogens with zero attached hydrogens (tertiary/aromatic N) is 2. The van der Waals surface area contributed by atoms with E-state index in [0.29, 0.717) is 21.6 Å². The Morgan fingerprint density at radius 3 is 2.71 bits per heavy atom. The Labute approximate surface area is 235 Å². The maximum Gasteiger partial charge on any atom is 0.341 e. The summed E-state index contributed by atoms with van der Waals surface area (Å²) in [5.74, 6) is 0.0573. The third kappa shape index (κ3) is 5.19. The molecule has 38 heavy (non-hydrogen) atoms. The van der Waals surface area contributed by atoms with E-state index in [0.717, 1.165) is 72.0 Å². The summed E-state index contributed by atoms with van der Waals surface area (Å²) in [5.41, 5.74) is 2.73. The second-order valence-corrected chi connectivity index (χ2v) is 13.5. The van der Waals surface area contributed by atoms with Gasteiger partial charge in [-0.15, -0.1) is 22.7 Å². The highest BCUT2D eigenvalue weighted by atomic mass is 32.2. The molecule has 0 saturated heterocycles. The lowest BCUT2D eigenvalue weighted by atomic mass is 9.88. The molecule has 1 N–H and O–H groups in total. The van der Waals surface area contributed by atoms with Gasteiger partial charge >= 0.3 is 5.97 Å². The molecule has 0 aromatic carbocycles. The van der Waals surface area contributed by atoms with Crippen LogP contribution in [0.2, 0.25) is 0 Å². The van der Waals surface area contributed by atoms with Gasteiger partial charge in [-0.3, -0.25) is 14.2 Å². The number of nitrogens with one attached hydrogen (secondary N) is 1. The second-order valence-electron chi connectivity index (χ2n) is 10.3. The van der Waals surface area contributed by atoms with E-state index in [1.54, 1.807) is 22.8 Å². The van der Waals surface area contributed by atoms with Gasteiger partial charge in [-0.25, -0.2) is 9.78 Å². The summed E-state index contributed by atoms with van der Waals surface area (Å²) in [7, 11) is 0. The molecule has 0 radical (unpaired) electrons. The average Bonchev–Trinajstić information content (AvgIpc) is 3.44. The van der Waals surface area contributed by atoms with Crippen LogP contribution in [0, 0.1) is 5.92 Å². The summed E-state index contributed by atoms with van der Waals surface area (Å²) in [5, 5.41) is 4.92. The first-order valence-electron chi connectivity index (χ1n) is 13.6. The van der Waals surface area contributed by atoms with Crippen LogP contribution < -0.4 is 10.9 Å². The Balaban J connectivity index is 1.41. The predicted octanol–water partition coefficient (Wildman–Crippen LogP) is 6.40. The van der Waals surface area contributed by atoms with Gasteiger partial charge in [0.05, 0.1) is 23.3 Å². The van der Waals surface area contributed by atoms with Crippen molar-refractivity contribution in [2.45, 2.75) is 90.3 Å². The van der Waals surface area contributed by atoms with Crippen molar-refractivity contribution < 1.29 is 14.3 Å². The van der Waals surface area contributed by atoms with E-state index in [1.165, 1.54) is 33.5 Å². The van der Waals surface area contributed by atoms with Gasteiger partial charge in [-0.2, -0.15) is 0 Å². The van der Waals surface area contributed by atoms with Crippen molar-refractivity contribution in [3.05, 3.63) is 36.8 Å². The average molecular weight is 574 g/mol. The number of fused-ring (bicyclic) bond motifs is 4. The van der Waals surface area contributed by atoms with Crippen LogP contribution in [0.5, 0.6) is 0 Å². The summed E-state index contributed by atoms with van der Waals surface area (Å²) in [6.07, 6.45) is 7.75. The zero-order valence-corrected chi connectivity index (χ0v) is 24.9. The maximum absolute atomic E-state index is 13.7. The fraction of sp³-hybridized carbons (Fsp3) is 0.571. The number of thioether (sulfide) groups is 1. The number of hydrogen-bond acceptors (Lipinski definition) is 8. The summed E-state index contributed by atoms with van der Waals surface area (Å²) >= 11 is 4.41. The number of thiophene rings is 2. The van der Waals surface area contributed by atoms with E-state index in [4.69, 9.17) is 9.72 Å². The lowest BCUT2D eigenvalue weighted by Crippen LogP contribution is -2.27. The smallest absolute Gasteiger partial charge is 0.341 e. The number of carbonyl (C=O) groups excluding carboxylic acids is 2. The van der Waals surface area contributed by atoms with Crippen molar-refractivity contribution in [2.75, 3.05) is 17.7 Å². The van der Waals surface area contributed by atoms with Crippen molar-refractivity contribution in [1.82, 2.24) is 9.55 Å². The number of carbonyl (C=O) groups is 2. The molecule has 7 nitrogen and oxygen atoms in total. The Bertz CT molecular complexity index is 1440. The highest BCUT2D eigenvalue weighted by molar-refractivity contribution is 7.99. The van der Waals surface area contributed by atoms with E-state index in [-0.39, 0.29) is 35.8 Å². The molecule has 2 aliphatic carbocycles. The molecule has 3 aromatic heterocycles. The first kappa shape index (κ1) is 27.4. The lowest BCUT2D eigenvalue weighted by molar-refractivity contribution is -0.113. The zero-order valence-electron chi connectivity index (χ0n) is 22.5. The van der Waals surface area contributed by atoms with Crippen molar-refractivity contribution in [3.63, 3.8) is 0 Å². The fourth-order valence-electron chi connectivity index (χ4n) is 5.42.